The van der Waals surface area contributed by atoms with Crippen molar-refractivity contribution in [2.75, 3.05) is 23.7 Å². The lowest BCUT2D eigenvalue weighted by Gasteiger charge is -2.20. The number of anilines is 2. The van der Waals surface area contributed by atoms with E-state index in [1.807, 2.05) is 18.2 Å². The lowest BCUT2D eigenvalue weighted by Crippen LogP contribution is -2.21. The molecule has 1 aliphatic heterocycles. The molecule has 0 saturated carbocycles. The quantitative estimate of drug-likeness (QED) is 0.793. The molecule has 3 nitrogen and oxygen atoms in total. The van der Waals surface area contributed by atoms with Crippen LogP contribution in [-0.2, 0) is 0 Å². The molecule has 17 heavy (non-hydrogen) atoms. The van der Waals surface area contributed by atoms with Crippen molar-refractivity contribution in [3.8, 4) is 6.07 Å². The Hall–Kier alpha value is -1.69. The topological polar surface area (TPSA) is 53.0 Å². The van der Waals surface area contributed by atoms with Crippen LogP contribution in [0.1, 0.15) is 25.8 Å². The predicted octanol–water partition coefficient (Wildman–Crippen LogP) is 2.62. The molecule has 1 fully saturated rings. The Bertz CT molecular complexity index is 445. The molecule has 0 aromatic heterocycles. The van der Waals surface area contributed by atoms with Crippen molar-refractivity contribution in [3.05, 3.63) is 23.8 Å². The highest BCUT2D eigenvalue weighted by molar-refractivity contribution is 5.63. The minimum atomic E-state index is 0.563. The van der Waals surface area contributed by atoms with Gasteiger partial charge in [-0.15, -0.1) is 0 Å². The van der Waals surface area contributed by atoms with Gasteiger partial charge in [0.2, 0.25) is 0 Å². The monoisotopic (exact) mass is 229 g/mol. The molecule has 1 unspecified atom stereocenters. The van der Waals surface area contributed by atoms with E-state index in [0.717, 1.165) is 30.6 Å². The first kappa shape index (κ1) is 11.8. The second-order valence-corrected chi connectivity index (χ2v) is 5.12. The second-order valence-electron chi connectivity index (χ2n) is 5.12. The van der Waals surface area contributed by atoms with Gasteiger partial charge in [0.1, 0.15) is 6.07 Å². The maximum atomic E-state index is 8.85. The third-order valence-electron chi connectivity index (χ3n) is 3.69. The van der Waals surface area contributed by atoms with Crippen molar-refractivity contribution in [2.45, 2.75) is 20.3 Å². The predicted molar refractivity (Wildman–Crippen MR) is 70.7 cm³/mol. The van der Waals surface area contributed by atoms with Crippen molar-refractivity contribution < 1.29 is 0 Å². The van der Waals surface area contributed by atoms with Crippen LogP contribution in [0.3, 0.4) is 0 Å². The van der Waals surface area contributed by atoms with E-state index in [0.29, 0.717) is 11.3 Å². The molecular weight excluding hydrogens is 210 g/mol. The first-order valence-corrected chi connectivity index (χ1v) is 6.16. The van der Waals surface area contributed by atoms with Crippen LogP contribution in [0, 0.1) is 23.2 Å². The largest absolute Gasteiger partial charge is 0.398 e. The first-order valence-electron chi connectivity index (χ1n) is 6.16. The van der Waals surface area contributed by atoms with Gasteiger partial charge in [0.05, 0.1) is 11.3 Å². The van der Waals surface area contributed by atoms with Gasteiger partial charge in [-0.2, -0.15) is 5.26 Å². The molecule has 2 N–H and O–H groups in total. The Morgan fingerprint density at radius 3 is 2.76 bits per heavy atom. The minimum absolute atomic E-state index is 0.563. The second kappa shape index (κ2) is 4.67. The molecule has 1 saturated heterocycles. The Balaban J connectivity index is 2.15. The first-order chi connectivity index (χ1) is 8.11. The van der Waals surface area contributed by atoms with Crippen LogP contribution in [0.2, 0.25) is 0 Å². The van der Waals surface area contributed by atoms with Crippen LogP contribution in [-0.4, -0.2) is 13.1 Å². The van der Waals surface area contributed by atoms with E-state index in [4.69, 9.17) is 11.0 Å². The van der Waals surface area contributed by atoms with Crippen LogP contribution in [0.5, 0.6) is 0 Å². The summed E-state index contributed by atoms with van der Waals surface area (Å²) in [6, 6.07) is 7.82. The smallest absolute Gasteiger partial charge is 0.101 e. The maximum Gasteiger partial charge on any atom is 0.101 e. The van der Waals surface area contributed by atoms with Crippen LogP contribution >= 0.6 is 0 Å². The number of hydrogen-bond donors (Lipinski definition) is 1. The Morgan fingerprint density at radius 1 is 1.47 bits per heavy atom. The van der Waals surface area contributed by atoms with Gasteiger partial charge >= 0.3 is 0 Å². The fraction of sp³-hybridized carbons (Fsp3) is 0.500. The lowest BCUT2D eigenvalue weighted by molar-refractivity contribution is 0.423. The summed E-state index contributed by atoms with van der Waals surface area (Å²) in [5.74, 6) is 1.50. The normalized spacial score (nSPS) is 19.6. The molecule has 1 aliphatic rings. The summed E-state index contributed by atoms with van der Waals surface area (Å²) in [6.45, 7) is 6.75. The Morgan fingerprint density at radius 2 is 2.24 bits per heavy atom. The number of rotatable bonds is 2. The average molecular weight is 229 g/mol. The number of benzene rings is 1. The van der Waals surface area contributed by atoms with Gasteiger partial charge in [-0.25, -0.2) is 0 Å². The van der Waals surface area contributed by atoms with E-state index in [9.17, 15) is 0 Å². The zero-order valence-electron chi connectivity index (χ0n) is 10.5. The fourth-order valence-corrected chi connectivity index (χ4v) is 2.41. The molecule has 1 atom stereocenters. The van der Waals surface area contributed by atoms with E-state index in [-0.39, 0.29) is 0 Å². The molecule has 2 rings (SSSR count). The summed E-state index contributed by atoms with van der Waals surface area (Å²) in [4.78, 5) is 2.36. The number of hydrogen-bond acceptors (Lipinski definition) is 3. The average Bonchev–Trinajstić information content (AvgIpc) is 2.78. The van der Waals surface area contributed by atoms with E-state index in [1.165, 1.54) is 6.42 Å². The molecule has 0 radical (unpaired) electrons. The van der Waals surface area contributed by atoms with Crippen molar-refractivity contribution in [3.63, 3.8) is 0 Å². The van der Waals surface area contributed by atoms with E-state index >= 15 is 0 Å². The minimum Gasteiger partial charge on any atom is -0.398 e. The molecule has 1 aromatic carbocycles. The molecule has 0 aliphatic carbocycles. The number of nitrogen functional groups attached to an aromatic ring is 1. The third-order valence-corrected chi connectivity index (χ3v) is 3.69. The van der Waals surface area contributed by atoms with Crippen LogP contribution < -0.4 is 10.6 Å². The Kier molecular flexibility index (Phi) is 3.23. The third kappa shape index (κ3) is 2.36. The molecule has 0 amide bonds. The van der Waals surface area contributed by atoms with E-state index in [2.05, 4.69) is 24.8 Å². The highest BCUT2D eigenvalue weighted by Crippen LogP contribution is 2.29. The molecule has 1 aromatic rings. The van der Waals surface area contributed by atoms with Crippen molar-refractivity contribution in [1.82, 2.24) is 0 Å². The van der Waals surface area contributed by atoms with Crippen LogP contribution in [0.15, 0.2) is 18.2 Å². The van der Waals surface area contributed by atoms with Gasteiger partial charge in [-0.05, 0) is 36.5 Å². The number of nitrogens with zero attached hydrogens (tertiary/aromatic N) is 2. The van der Waals surface area contributed by atoms with Crippen LogP contribution in [0.4, 0.5) is 11.4 Å². The summed E-state index contributed by atoms with van der Waals surface area (Å²) in [5.41, 5.74) is 8.13. The zero-order chi connectivity index (χ0) is 12.4. The van der Waals surface area contributed by atoms with Crippen molar-refractivity contribution in [2.24, 2.45) is 11.8 Å². The zero-order valence-corrected chi connectivity index (χ0v) is 10.5. The van der Waals surface area contributed by atoms with Gasteiger partial charge in [0.25, 0.3) is 0 Å². The van der Waals surface area contributed by atoms with Gasteiger partial charge in [0.15, 0.2) is 0 Å². The van der Waals surface area contributed by atoms with E-state index < -0.39 is 0 Å². The standard InChI is InChI=1S/C14H19N3/c1-10(2)12-5-6-17(9-12)13-4-3-11(8-15)14(16)7-13/h3-4,7,10,12H,5-6,9,16H2,1-2H3. The van der Waals surface area contributed by atoms with Gasteiger partial charge in [-0.3, -0.25) is 0 Å². The SMILES string of the molecule is CC(C)C1CCN(c2ccc(C#N)c(N)c2)C1. The number of nitrogens with two attached hydrogens (primary N) is 1. The summed E-state index contributed by atoms with van der Waals surface area (Å²) in [5, 5.41) is 8.85. The molecule has 1 heterocycles. The lowest BCUT2D eigenvalue weighted by atomic mass is 9.95. The van der Waals surface area contributed by atoms with E-state index in [1.54, 1.807) is 0 Å². The van der Waals surface area contributed by atoms with Gasteiger partial charge in [-0.1, -0.05) is 13.8 Å². The summed E-state index contributed by atoms with van der Waals surface area (Å²) in [7, 11) is 0. The van der Waals surface area contributed by atoms with Crippen LogP contribution in [0.25, 0.3) is 0 Å². The molecule has 90 valence electrons. The summed E-state index contributed by atoms with van der Waals surface area (Å²) >= 11 is 0. The van der Waals surface area contributed by atoms with Crippen molar-refractivity contribution >= 4 is 11.4 Å². The molecule has 3 heteroatoms. The molecular formula is C14H19N3. The van der Waals surface area contributed by atoms with Crippen molar-refractivity contribution in [1.29, 1.82) is 5.26 Å². The molecule has 0 spiro atoms. The fourth-order valence-electron chi connectivity index (χ4n) is 2.41. The summed E-state index contributed by atoms with van der Waals surface area (Å²) < 4.78 is 0. The highest BCUT2D eigenvalue weighted by Gasteiger charge is 2.25. The van der Waals surface area contributed by atoms with Gasteiger partial charge < -0.3 is 10.6 Å². The summed E-state index contributed by atoms with van der Waals surface area (Å²) in [6.07, 6.45) is 1.25. The maximum absolute atomic E-state index is 8.85. The highest BCUT2D eigenvalue weighted by atomic mass is 15.2. The Labute approximate surface area is 103 Å². The molecule has 0 bridgehead atoms. The number of nitriles is 1. The van der Waals surface area contributed by atoms with Gasteiger partial charge in [0, 0.05) is 18.8 Å².